The Labute approximate surface area is 127 Å². The Morgan fingerprint density at radius 2 is 2.25 bits per heavy atom. The molecule has 1 atom stereocenters. The van der Waals surface area contributed by atoms with Gasteiger partial charge in [0.1, 0.15) is 4.88 Å². The number of anilines is 1. The number of nitrogen functional groups attached to an aromatic ring is 1. The van der Waals surface area contributed by atoms with Gasteiger partial charge in [-0.3, -0.25) is 4.79 Å². The first-order valence-corrected chi connectivity index (χ1v) is 8.79. The molecule has 0 aliphatic heterocycles. The van der Waals surface area contributed by atoms with Gasteiger partial charge in [0, 0.05) is 16.6 Å². The van der Waals surface area contributed by atoms with Crippen molar-refractivity contribution in [1.29, 1.82) is 0 Å². The first-order valence-electron chi connectivity index (χ1n) is 6.58. The molecule has 1 amide bonds. The zero-order valence-corrected chi connectivity index (χ0v) is 13.7. The molecule has 1 aromatic heterocycles. The third kappa shape index (κ3) is 3.27. The molecular formula is C15H20N2OS2. The van der Waals surface area contributed by atoms with Crippen molar-refractivity contribution in [3.8, 4) is 0 Å². The van der Waals surface area contributed by atoms with Crippen molar-refractivity contribution in [2.45, 2.75) is 13.8 Å². The van der Waals surface area contributed by atoms with E-state index in [0.29, 0.717) is 23.0 Å². The van der Waals surface area contributed by atoms with Crippen LogP contribution in [0.2, 0.25) is 0 Å². The van der Waals surface area contributed by atoms with Crippen LogP contribution in [0.3, 0.4) is 0 Å². The minimum atomic E-state index is -0.0608. The molecule has 0 radical (unpaired) electrons. The van der Waals surface area contributed by atoms with Crippen LogP contribution < -0.4 is 11.1 Å². The van der Waals surface area contributed by atoms with E-state index in [9.17, 15) is 4.79 Å². The maximum atomic E-state index is 12.2. The molecule has 0 spiro atoms. The van der Waals surface area contributed by atoms with Gasteiger partial charge in [0.15, 0.2) is 0 Å². The summed E-state index contributed by atoms with van der Waals surface area (Å²) in [4.78, 5) is 12.9. The van der Waals surface area contributed by atoms with Gasteiger partial charge in [-0.15, -0.1) is 11.3 Å². The van der Waals surface area contributed by atoms with Gasteiger partial charge in [0.2, 0.25) is 0 Å². The normalized spacial score (nSPS) is 12.6. The van der Waals surface area contributed by atoms with Crippen LogP contribution in [-0.2, 0) is 0 Å². The Bertz CT molecular complexity index is 622. The molecule has 5 heteroatoms. The third-order valence-corrected chi connectivity index (χ3v) is 5.22. The Kier molecular flexibility index (Phi) is 4.94. The molecule has 20 heavy (non-hydrogen) atoms. The van der Waals surface area contributed by atoms with E-state index in [-0.39, 0.29) is 5.91 Å². The maximum Gasteiger partial charge on any atom is 0.263 e. The number of fused-ring (bicyclic) bond motifs is 1. The fraction of sp³-hybridized carbons (Fsp3) is 0.400. The molecule has 0 aliphatic carbocycles. The van der Waals surface area contributed by atoms with Crippen LogP contribution in [-0.4, -0.2) is 24.5 Å². The average molecular weight is 308 g/mol. The molecule has 0 fully saturated rings. The molecule has 3 nitrogen and oxygen atoms in total. The lowest BCUT2D eigenvalue weighted by atomic mass is 10.1. The summed E-state index contributed by atoms with van der Waals surface area (Å²) in [7, 11) is 0. The predicted octanol–water partition coefficient (Wildman–Crippen LogP) is 3.52. The Hall–Kier alpha value is -1.20. The first kappa shape index (κ1) is 15.2. The maximum absolute atomic E-state index is 12.2. The minimum Gasteiger partial charge on any atom is -0.397 e. The van der Waals surface area contributed by atoms with Crippen LogP contribution in [0.1, 0.15) is 22.2 Å². The van der Waals surface area contributed by atoms with Crippen molar-refractivity contribution in [1.82, 2.24) is 5.32 Å². The van der Waals surface area contributed by atoms with Crippen molar-refractivity contribution in [2.24, 2.45) is 5.92 Å². The molecule has 0 aliphatic rings. The van der Waals surface area contributed by atoms with Gasteiger partial charge >= 0.3 is 0 Å². The number of rotatable bonds is 5. The standard InChI is InChI=1S/C15H20N2OS2/c1-9-4-5-11-12(6-9)20-14(13(11)16)15(18)17-7-10(2)8-19-3/h4-6,10H,7-8,16H2,1-3H3,(H,17,18). The molecule has 2 aromatic rings. The topological polar surface area (TPSA) is 55.1 Å². The molecule has 0 bridgehead atoms. The van der Waals surface area contributed by atoms with Crippen LogP contribution in [0.4, 0.5) is 5.69 Å². The van der Waals surface area contributed by atoms with Crippen LogP contribution in [0.15, 0.2) is 18.2 Å². The summed E-state index contributed by atoms with van der Waals surface area (Å²) in [6.07, 6.45) is 2.07. The van der Waals surface area contributed by atoms with E-state index < -0.39 is 0 Å². The lowest BCUT2D eigenvalue weighted by Crippen LogP contribution is -2.28. The number of amides is 1. The lowest BCUT2D eigenvalue weighted by molar-refractivity contribution is 0.0954. The van der Waals surface area contributed by atoms with Gasteiger partial charge in [0.25, 0.3) is 5.91 Å². The van der Waals surface area contributed by atoms with Crippen molar-refractivity contribution >= 4 is 44.8 Å². The lowest BCUT2D eigenvalue weighted by Gasteiger charge is -2.10. The number of benzene rings is 1. The van der Waals surface area contributed by atoms with Gasteiger partial charge in [-0.2, -0.15) is 11.8 Å². The second kappa shape index (κ2) is 6.50. The highest BCUT2D eigenvalue weighted by Crippen LogP contribution is 2.34. The Morgan fingerprint density at radius 3 is 2.95 bits per heavy atom. The van der Waals surface area contributed by atoms with Gasteiger partial charge in [0.05, 0.1) is 5.69 Å². The number of aryl methyl sites for hydroxylation is 1. The number of hydrogen-bond donors (Lipinski definition) is 2. The van der Waals surface area contributed by atoms with E-state index in [4.69, 9.17) is 5.73 Å². The molecule has 0 saturated carbocycles. The fourth-order valence-electron chi connectivity index (χ4n) is 2.08. The molecule has 1 aromatic carbocycles. The predicted molar refractivity (Wildman–Crippen MR) is 90.9 cm³/mol. The van der Waals surface area contributed by atoms with E-state index in [2.05, 4.69) is 24.6 Å². The number of nitrogens with two attached hydrogens (primary N) is 1. The van der Waals surface area contributed by atoms with Crippen LogP contribution >= 0.6 is 23.1 Å². The zero-order valence-electron chi connectivity index (χ0n) is 12.0. The van der Waals surface area contributed by atoms with E-state index >= 15 is 0 Å². The molecule has 1 heterocycles. The van der Waals surface area contributed by atoms with Gasteiger partial charge in [-0.1, -0.05) is 19.1 Å². The smallest absolute Gasteiger partial charge is 0.263 e. The molecule has 3 N–H and O–H groups in total. The fourth-order valence-corrected chi connectivity index (χ4v) is 3.91. The second-order valence-electron chi connectivity index (χ2n) is 5.12. The highest BCUT2D eigenvalue weighted by molar-refractivity contribution is 7.98. The van der Waals surface area contributed by atoms with Crippen molar-refractivity contribution in [3.05, 3.63) is 28.6 Å². The third-order valence-electron chi connectivity index (χ3n) is 3.15. The van der Waals surface area contributed by atoms with Gasteiger partial charge in [-0.05, 0) is 36.5 Å². The number of carbonyl (C=O) groups is 1. The first-order chi connectivity index (χ1) is 9.52. The molecule has 0 saturated heterocycles. The summed E-state index contributed by atoms with van der Waals surface area (Å²) in [5.41, 5.74) is 7.88. The summed E-state index contributed by atoms with van der Waals surface area (Å²) in [6.45, 7) is 4.86. The zero-order chi connectivity index (χ0) is 14.7. The number of thioether (sulfide) groups is 1. The largest absolute Gasteiger partial charge is 0.397 e. The molecule has 1 unspecified atom stereocenters. The molecular weight excluding hydrogens is 288 g/mol. The number of hydrogen-bond acceptors (Lipinski definition) is 4. The highest BCUT2D eigenvalue weighted by atomic mass is 32.2. The summed E-state index contributed by atoms with van der Waals surface area (Å²) in [5, 5.41) is 3.95. The highest BCUT2D eigenvalue weighted by Gasteiger charge is 2.16. The number of carbonyl (C=O) groups excluding carboxylic acids is 1. The molecule has 2 rings (SSSR count). The van der Waals surface area contributed by atoms with E-state index in [0.717, 1.165) is 15.8 Å². The van der Waals surface area contributed by atoms with Crippen LogP contribution in [0, 0.1) is 12.8 Å². The van der Waals surface area contributed by atoms with Crippen molar-refractivity contribution < 1.29 is 4.79 Å². The summed E-state index contributed by atoms with van der Waals surface area (Å²) < 4.78 is 1.07. The van der Waals surface area contributed by atoms with E-state index in [1.807, 2.05) is 19.1 Å². The Morgan fingerprint density at radius 1 is 1.50 bits per heavy atom. The summed E-state index contributed by atoms with van der Waals surface area (Å²) in [6, 6.07) is 6.08. The quantitative estimate of drug-likeness (QED) is 0.888. The number of thiophene rings is 1. The van der Waals surface area contributed by atoms with Crippen LogP contribution in [0.25, 0.3) is 10.1 Å². The average Bonchev–Trinajstić information content (AvgIpc) is 2.73. The van der Waals surface area contributed by atoms with E-state index in [1.165, 1.54) is 16.9 Å². The van der Waals surface area contributed by atoms with Gasteiger partial charge in [-0.25, -0.2) is 0 Å². The summed E-state index contributed by atoms with van der Waals surface area (Å²) >= 11 is 3.26. The van der Waals surface area contributed by atoms with Crippen molar-refractivity contribution in [2.75, 3.05) is 24.3 Å². The SMILES string of the molecule is CSCC(C)CNC(=O)c1sc2cc(C)ccc2c1N. The molecule has 108 valence electrons. The monoisotopic (exact) mass is 308 g/mol. The minimum absolute atomic E-state index is 0.0608. The van der Waals surface area contributed by atoms with E-state index in [1.54, 1.807) is 11.8 Å². The van der Waals surface area contributed by atoms with Gasteiger partial charge < -0.3 is 11.1 Å². The summed E-state index contributed by atoms with van der Waals surface area (Å²) in [5.74, 6) is 1.45. The Balaban J connectivity index is 2.16. The second-order valence-corrected chi connectivity index (χ2v) is 7.08. The number of nitrogens with one attached hydrogen (secondary N) is 1. The van der Waals surface area contributed by atoms with Crippen molar-refractivity contribution in [3.63, 3.8) is 0 Å². The van der Waals surface area contributed by atoms with Crippen LogP contribution in [0.5, 0.6) is 0 Å².